The van der Waals surface area contributed by atoms with Gasteiger partial charge in [-0.2, -0.15) is 4.98 Å². The van der Waals surface area contributed by atoms with Crippen LogP contribution in [-0.2, 0) is 14.3 Å². The maximum Gasteiger partial charge on any atom is 0.303 e. The fourth-order valence-electron chi connectivity index (χ4n) is 2.37. The molecule has 1 saturated heterocycles. The van der Waals surface area contributed by atoms with Crippen molar-refractivity contribution in [1.82, 2.24) is 9.55 Å². The average molecular weight is 393 g/mol. The van der Waals surface area contributed by atoms with Crippen molar-refractivity contribution in [3.05, 3.63) is 15.3 Å². The Bertz CT molecular complexity index is 619. The summed E-state index contributed by atoms with van der Waals surface area (Å²) in [5, 5.41) is 17.0. The summed E-state index contributed by atoms with van der Waals surface area (Å²) < 4.78 is 18.8. The van der Waals surface area contributed by atoms with Crippen molar-refractivity contribution in [2.75, 3.05) is 6.61 Å². The third kappa shape index (κ3) is 2.09. The highest BCUT2D eigenvalue weighted by Crippen LogP contribution is 2.40. The van der Waals surface area contributed by atoms with Gasteiger partial charge in [-0.1, -0.05) is 0 Å². The predicted molar refractivity (Wildman–Crippen MR) is 71.8 cm³/mol. The van der Waals surface area contributed by atoms with Crippen LogP contribution in [0, 0.1) is 8.98 Å². The molecule has 0 aliphatic carbocycles. The molecule has 108 valence electrons. The van der Waals surface area contributed by atoms with E-state index in [1.165, 1.54) is 6.92 Å². The third-order valence-corrected chi connectivity index (χ3v) is 3.98. The Labute approximate surface area is 127 Å². The Morgan fingerprint density at radius 2 is 2.45 bits per heavy atom. The van der Waals surface area contributed by atoms with Gasteiger partial charge in [-0.15, -0.1) is 0 Å². The molecule has 0 bridgehead atoms. The second kappa shape index (κ2) is 4.97. The molecule has 4 atom stereocenters. The van der Waals surface area contributed by atoms with Gasteiger partial charge in [-0.3, -0.25) is 14.8 Å². The first kappa shape index (κ1) is 13.8. The van der Waals surface area contributed by atoms with Crippen molar-refractivity contribution in [3.8, 4) is 6.01 Å². The number of nitrogens with one attached hydrogen (secondary N) is 1. The minimum Gasteiger partial charge on any atom is -0.456 e. The van der Waals surface area contributed by atoms with Crippen molar-refractivity contribution in [1.29, 1.82) is 5.41 Å². The monoisotopic (exact) mass is 393 g/mol. The van der Waals surface area contributed by atoms with Crippen LogP contribution in [0.5, 0.6) is 6.01 Å². The number of nitrogens with zero attached hydrogens (tertiary/aromatic N) is 2. The molecule has 0 spiro atoms. The molecule has 0 radical (unpaired) electrons. The average Bonchev–Trinajstić information content (AvgIpc) is 2.87. The highest BCUT2D eigenvalue weighted by molar-refractivity contribution is 14.1. The summed E-state index contributed by atoms with van der Waals surface area (Å²) in [6, 6.07) is 0.249. The number of aliphatic hydroxyl groups excluding tert-OH is 1. The van der Waals surface area contributed by atoms with E-state index in [-0.39, 0.29) is 18.1 Å². The van der Waals surface area contributed by atoms with E-state index in [0.717, 1.165) is 0 Å². The van der Waals surface area contributed by atoms with Crippen LogP contribution >= 0.6 is 22.6 Å². The van der Waals surface area contributed by atoms with Crippen molar-refractivity contribution in [2.24, 2.45) is 0 Å². The molecule has 0 saturated carbocycles. The lowest BCUT2D eigenvalue weighted by Crippen LogP contribution is -2.38. The Morgan fingerprint density at radius 1 is 1.70 bits per heavy atom. The highest BCUT2D eigenvalue weighted by Gasteiger charge is 2.53. The number of fused-ring (bicyclic) bond motifs is 3. The fourth-order valence-corrected chi connectivity index (χ4v) is 2.80. The number of rotatable bonds is 2. The molecule has 1 aromatic heterocycles. The summed E-state index contributed by atoms with van der Waals surface area (Å²) in [6.45, 7) is 1.02. The summed E-state index contributed by atoms with van der Waals surface area (Å²) >= 11 is 1.99. The molecular weight excluding hydrogens is 381 g/mol. The van der Waals surface area contributed by atoms with Crippen LogP contribution in [0.1, 0.15) is 13.2 Å². The first-order valence-corrected chi connectivity index (χ1v) is 7.02. The zero-order valence-electron chi connectivity index (χ0n) is 10.4. The summed E-state index contributed by atoms with van der Waals surface area (Å²) in [6.07, 6.45) is -0.728. The Kier molecular flexibility index (Phi) is 3.42. The number of carbonyl (C=O) groups is 1. The molecule has 1 fully saturated rings. The second-order valence-electron chi connectivity index (χ2n) is 4.53. The van der Waals surface area contributed by atoms with Crippen LogP contribution in [0.4, 0.5) is 0 Å². The summed E-state index contributed by atoms with van der Waals surface area (Å²) in [5.41, 5.74) is 0.111. The first-order valence-electron chi connectivity index (χ1n) is 5.94. The molecule has 2 aliphatic rings. The zero-order chi connectivity index (χ0) is 14.4. The summed E-state index contributed by atoms with van der Waals surface area (Å²) in [5.74, 6) is -0.467. The lowest BCUT2D eigenvalue weighted by Gasteiger charge is -2.19. The minimum absolute atomic E-state index is 0.111. The van der Waals surface area contributed by atoms with Gasteiger partial charge >= 0.3 is 12.0 Å². The Morgan fingerprint density at radius 3 is 3.10 bits per heavy atom. The molecule has 3 rings (SSSR count). The zero-order valence-corrected chi connectivity index (χ0v) is 12.6. The van der Waals surface area contributed by atoms with Gasteiger partial charge in [-0.25, -0.2) is 0 Å². The highest BCUT2D eigenvalue weighted by atomic mass is 127. The molecule has 9 heteroatoms. The standard InChI is InChI=1S/C11H12IN3O5/c1-4(17)18-7-6(3-16)19-10-8(7)20-11-14-9(13)5(12)2-15(10)11/h2,6-8,10,13,16H,3H2,1H3/t6-,7-,8+,10-/m1/s1. The van der Waals surface area contributed by atoms with E-state index in [1.54, 1.807) is 10.8 Å². The SMILES string of the molecule is CC(=O)O[C@H]1[C@@H]2Oc3nc(=N)c(I)cn3[C@@H]2O[C@@H]1CO. The largest absolute Gasteiger partial charge is 0.456 e. The van der Waals surface area contributed by atoms with Gasteiger partial charge < -0.3 is 19.3 Å². The smallest absolute Gasteiger partial charge is 0.303 e. The molecule has 8 nitrogen and oxygen atoms in total. The van der Waals surface area contributed by atoms with Crippen molar-refractivity contribution in [2.45, 2.75) is 31.5 Å². The topological polar surface area (TPSA) is 107 Å². The number of esters is 1. The maximum atomic E-state index is 11.2. The second-order valence-corrected chi connectivity index (χ2v) is 5.69. The molecule has 20 heavy (non-hydrogen) atoms. The van der Waals surface area contributed by atoms with Gasteiger partial charge in [0.25, 0.3) is 0 Å². The van der Waals surface area contributed by atoms with Gasteiger partial charge in [0.1, 0.15) is 6.10 Å². The van der Waals surface area contributed by atoms with Gasteiger partial charge in [0.15, 0.2) is 23.9 Å². The van der Waals surface area contributed by atoms with E-state index in [1.807, 2.05) is 22.6 Å². The van der Waals surface area contributed by atoms with Crippen molar-refractivity contribution >= 4 is 28.6 Å². The summed E-state index contributed by atoms with van der Waals surface area (Å²) in [7, 11) is 0. The lowest BCUT2D eigenvalue weighted by atomic mass is 10.1. The molecule has 3 heterocycles. The third-order valence-electron chi connectivity index (χ3n) is 3.19. The van der Waals surface area contributed by atoms with Gasteiger partial charge in [0.05, 0.1) is 10.2 Å². The van der Waals surface area contributed by atoms with E-state index in [9.17, 15) is 9.90 Å². The molecule has 1 aromatic rings. The number of aromatic nitrogens is 2. The number of ether oxygens (including phenoxy) is 3. The minimum atomic E-state index is -0.698. The van der Waals surface area contributed by atoms with E-state index >= 15 is 0 Å². The molecule has 0 amide bonds. The van der Waals surface area contributed by atoms with Crippen LogP contribution in [-0.4, -0.2) is 45.5 Å². The molecule has 0 unspecified atom stereocenters. The number of halogens is 1. The van der Waals surface area contributed by atoms with E-state index in [0.29, 0.717) is 3.57 Å². The van der Waals surface area contributed by atoms with Crippen LogP contribution in [0.15, 0.2) is 6.20 Å². The fraction of sp³-hybridized carbons (Fsp3) is 0.545. The van der Waals surface area contributed by atoms with Crippen molar-refractivity contribution in [3.63, 3.8) is 0 Å². The number of hydrogen-bond donors (Lipinski definition) is 2. The first-order chi connectivity index (χ1) is 9.51. The normalized spacial score (nSPS) is 30.6. The maximum absolute atomic E-state index is 11.2. The lowest BCUT2D eigenvalue weighted by molar-refractivity contribution is -0.153. The van der Waals surface area contributed by atoms with Crippen LogP contribution in [0.25, 0.3) is 0 Å². The molecule has 0 aromatic carbocycles. The van der Waals surface area contributed by atoms with Crippen molar-refractivity contribution < 1.29 is 24.1 Å². The summed E-state index contributed by atoms with van der Waals surface area (Å²) in [4.78, 5) is 15.2. The number of hydrogen-bond acceptors (Lipinski definition) is 7. The molecule has 2 N–H and O–H groups in total. The van der Waals surface area contributed by atoms with Gasteiger partial charge in [-0.05, 0) is 22.6 Å². The number of aliphatic hydroxyl groups is 1. The van der Waals surface area contributed by atoms with Gasteiger partial charge in [0.2, 0.25) is 0 Å². The van der Waals surface area contributed by atoms with Gasteiger partial charge in [0, 0.05) is 13.1 Å². The Balaban J connectivity index is 1.96. The number of carbonyl (C=O) groups excluding carboxylic acids is 1. The predicted octanol–water partition coefficient (Wildman–Crippen LogP) is -0.450. The van der Waals surface area contributed by atoms with Crippen LogP contribution < -0.4 is 10.2 Å². The van der Waals surface area contributed by atoms with E-state index in [2.05, 4.69) is 4.98 Å². The van der Waals surface area contributed by atoms with Crippen LogP contribution in [0.3, 0.4) is 0 Å². The molecular formula is C11H12IN3O5. The Hall–Kier alpha value is -1.20. The molecule has 2 aliphatic heterocycles. The van der Waals surface area contributed by atoms with Crippen LogP contribution in [0.2, 0.25) is 0 Å². The van der Waals surface area contributed by atoms with E-state index in [4.69, 9.17) is 19.6 Å². The quantitative estimate of drug-likeness (QED) is 0.521. The van der Waals surface area contributed by atoms with E-state index < -0.39 is 30.5 Å².